The zero-order chi connectivity index (χ0) is 25.5. The molecule has 0 saturated heterocycles. The van der Waals surface area contributed by atoms with Gasteiger partial charge in [-0.3, -0.25) is 9.48 Å². The Bertz CT molecular complexity index is 1140. The number of nitrogens with zero attached hydrogens (tertiary/aromatic N) is 3. The lowest BCUT2D eigenvalue weighted by Gasteiger charge is -2.48. The molecular weight excluding hydrogens is 469 g/mol. The summed E-state index contributed by atoms with van der Waals surface area (Å²) in [7, 11) is 0. The van der Waals surface area contributed by atoms with Crippen LogP contribution in [0.2, 0.25) is 0 Å². The van der Waals surface area contributed by atoms with Crippen molar-refractivity contribution >= 4 is 17.4 Å². The van der Waals surface area contributed by atoms with Gasteiger partial charge < -0.3 is 16.4 Å². The van der Waals surface area contributed by atoms with Gasteiger partial charge in [0, 0.05) is 24.0 Å². The van der Waals surface area contributed by atoms with E-state index < -0.39 is 17.6 Å². The number of hydrogen-bond donors (Lipinski definition) is 3. The van der Waals surface area contributed by atoms with E-state index in [0.29, 0.717) is 23.6 Å². The first-order valence-corrected chi connectivity index (χ1v) is 12.6. The fourth-order valence-corrected chi connectivity index (χ4v) is 6.44. The minimum Gasteiger partial charge on any atom is -0.365 e. The predicted molar refractivity (Wildman–Crippen MR) is 128 cm³/mol. The van der Waals surface area contributed by atoms with E-state index in [9.17, 15) is 23.2 Å². The number of nitrogens with one attached hydrogen (secondary N) is 2. The minimum absolute atomic E-state index is 0.128. The number of nitrogens with two attached hydrogens (primary N) is 1. The van der Waals surface area contributed by atoms with E-state index in [1.807, 2.05) is 0 Å². The van der Waals surface area contributed by atoms with Gasteiger partial charge in [0.2, 0.25) is 0 Å². The fraction of sp³-hybridized carbons (Fsp3) is 0.577. The van der Waals surface area contributed by atoms with E-state index in [-0.39, 0.29) is 29.4 Å². The molecule has 0 aliphatic heterocycles. The number of carbonyl (C=O) groups is 1. The van der Waals surface area contributed by atoms with Crippen LogP contribution in [0.4, 0.5) is 24.7 Å². The van der Waals surface area contributed by atoms with Crippen molar-refractivity contribution in [3.63, 3.8) is 0 Å². The highest BCUT2D eigenvalue weighted by Crippen LogP contribution is 2.53. The second-order valence-electron chi connectivity index (χ2n) is 10.7. The molecule has 0 radical (unpaired) electrons. The van der Waals surface area contributed by atoms with Crippen LogP contribution in [-0.2, 0) is 6.18 Å². The molecule has 3 unspecified atom stereocenters. The highest BCUT2D eigenvalue weighted by atomic mass is 19.4. The highest BCUT2D eigenvalue weighted by molar-refractivity contribution is 5.98. The van der Waals surface area contributed by atoms with E-state index in [1.54, 1.807) is 4.68 Å². The number of carbonyl (C=O) groups excluding carboxylic acids is 1. The molecule has 3 fully saturated rings. The number of primary amides is 1. The molecule has 7 nitrogen and oxygen atoms in total. The second-order valence-corrected chi connectivity index (χ2v) is 10.7. The summed E-state index contributed by atoms with van der Waals surface area (Å²) in [5, 5.41) is 21.1. The molecule has 10 heteroatoms. The van der Waals surface area contributed by atoms with Crippen molar-refractivity contribution in [1.29, 1.82) is 5.26 Å². The maximum atomic E-state index is 12.9. The van der Waals surface area contributed by atoms with Gasteiger partial charge in [-0.2, -0.15) is 23.5 Å². The van der Waals surface area contributed by atoms with Crippen LogP contribution in [0.1, 0.15) is 79.8 Å². The van der Waals surface area contributed by atoms with E-state index >= 15 is 0 Å². The average Bonchev–Trinajstić information content (AvgIpc) is 3.46. The number of rotatable bonds is 6. The molecule has 192 valence electrons. The van der Waals surface area contributed by atoms with Crippen LogP contribution in [0.3, 0.4) is 0 Å². The summed E-state index contributed by atoms with van der Waals surface area (Å²) in [6, 6.07) is 7.50. The molecule has 0 bridgehead atoms. The summed E-state index contributed by atoms with van der Waals surface area (Å²) in [6.07, 6.45) is 7.32. The molecule has 1 spiro atoms. The molecule has 3 aliphatic carbocycles. The van der Waals surface area contributed by atoms with Crippen LogP contribution in [0.5, 0.6) is 0 Å². The lowest BCUT2D eigenvalue weighted by atomic mass is 9.64. The zero-order valence-corrected chi connectivity index (χ0v) is 20.0. The molecule has 36 heavy (non-hydrogen) atoms. The van der Waals surface area contributed by atoms with Crippen molar-refractivity contribution in [2.45, 2.75) is 82.1 Å². The monoisotopic (exact) mass is 500 g/mol. The van der Waals surface area contributed by atoms with Gasteiger partial charge in [-0.25, -0.2) is 0 Å². The quantitative estimate of drug-likeness (QED) is 0.499. The molecule has 2 aromatic rings. The number of anilines is 2. The largest absolute Gasteiger partial charge is 0.416 e. The Morgan fingerprint density at radius 2 is 1.83 bits per heavy atom. The third-order valence-electron chi connectivity index (χ3n) is 8.29. The molecule has 1 aromatic carbocycles. The van der Waals surface area contributed by atoms with Gasteiger partial charge in [0.05, 0.1) is 23.6 Å². The van der Waals surface area contributed by atoms with Crippen molar-refractivity contribution in [1.82, 2.24) is 15.1 Å². The number of benzene rings is 1. The van der Waals surface area contributed by atoms with E-state index in [4.69, 9.17) is 5.73 Å². The number of amides is 1. The van der Waals surface area contributed by atoms with Crippen LogP contribution in [0, 0.1) is 22.7 Å². The average molecular weight is 501 g/mol. The van der Waals surface area contributed by atoms with Crippen LogP contribution in [0.25, 0.3) is 0 Å². The van der Waals surface area contributed by atoms with Crippen molar-refractivity contribution < 1.29 is 18.0 Å². The number of aromatic nitrogens is 2. The third-order valence-corrected chi connectivity index (χ3v) is 8.29. The predicted octanol–water partition coefficient (Wildman–Crippen LogP) is 5.29. The van der Waals surface area contributed by atoms with Gasteiger partial charge in [-0.1, -0.05) is 12.8 Å². The molecule has 3 atom stereocenters. The summed E-state index contributed by atoms with van der Waals surface area (Å²) < 4.78 is 40.2. The highest BCUT2D eigenvalue weighted by Gasteiger charge is 2.46. The molecule has 1 aromatic heterocycles. The van der Waals surface area contributed by atoms with Crippen molar-refractivity contribution in [2.24, 2.45) is 17.1 Å². The molecule has 3 saturated carbocycles. The Kier molecular flexibility index (Phi) is 6.45. The summed E-state index contributed by atoms with van der Waals surface area (Å²) in [5.74, 6) is -0.822. The topological polar surface area (TPSA) is 109 Å². The molecule has 4 N–H and O–H groups in total. The normalized spacial score (nSPS) is 25.9. The number of hydrogen-bond acceptors (Lipinski definition) is 5. The molecule has 3 aliphatic rings. The SMILES string of the molecule is N#CC1CC(NC2CC3(CCCC3)C2)CCC1n1cc(C(N)=O)c(Nc2ccc(C(F)(F)F)cc2)n1. The van der Waals surface area contributed by atoms with Crippen LogP contribution < -0.4 is 16.4 Å². The van der Waals surface area contributed by atoms with Gasteiger partial charge in [0.25, 0.3) is 5.91 Å². The first-order chi connectivity index (χ1) is 17.2. The summed E-state index contributed by atoms with van der Waals surface area (Å²) in [5.41, 5.74) is 5.83. The lowest BCUT2D eigenvalue weighted by molar-refractivity contribution is -0.137. The van der Waals surface area contributed by atoms with E-state index in [0.717, 1.165) is 25.0 Å². The Morgan fingerprint density at radius 1 is 1.14 bits per heavy atom. The van der Waals surface area contributed by atoms with Crippen LogP contribution in [-0.4, -0.2) is 27.8 Å². The van der Waals surface area contributed by atoms with E-state index in [2.05, 4.69) is 21.8 Å². The summed E-state index contributed by atoms with van der Waals surface area (Å²) in [4.78, 5) is 12.1. The summed E-state index contributed by atoms with van der Waals surface area (Å²) >= 11 is 0. The smallest absolute Gasteiger partial charge is 0.365 e. The number of halogens is 3. The summed E-state index contributed by atoms with van der Waals surface area (Å²) in [6.45, 7) is 0. The third kappa shape index (κ3) is 4.94. The molecular formula is C26H31F3N6O. The first kappa shape index (κ1) is 24.6. The second kappa shape index (κ2) is 9.43. The first-order valence-electron chi connectivity index (χ1n) is 12.6. The van der Waals surface area contributed by atoms with E-state index in [1.165, 1.54) is 56.9 Å². The van der Waals surface area contributed by atoms with Gasteiger partial charge in [-0.05, 0) is 74.6 Å². The molecule has 1 amide bonds. The minimum atomic E-state index is -4.44. The van der Waals surface area contributed by atoms with Gasteiger partial charge in [-0.15, -0.1) is 0 Å². The van der Waals surface area contributed by atoms with Crippen LogP contribution in [0.15, 0.2) is 30.5 Å². The number of nitriles is 1. The molecule has 1 heterocycles. The van der Waals surface area contributed by atoms with Crippen molar-refractivity contribution in [3.05, 3.63) is 41.6 Å². The zero-order valence-electron chi connectivity index (χ0n) is 20.0. The van der Waals surface area contributed by atoms with Crippen molar-refractivity contribution in [2.75, 3.05) is 5.32 Å². The Morgan fingerprint density at radius 3 is 2.44 bits per heavy atom. The Labute approximate surface area is 208 Å². The molecule has 5 rings (SSSR count). The maximum Gasteiger partial charge on any atom is 0.416 e. The van der Waals surface area contributed by atoms with Crippen molar-refractivity contribution in [3.8, 4) is 6.07 Å². The van der Waals surface area contributed by atoms with Gasteiger partial charge in [0.1, 0.15) is 5.56 Å². The lowest BCUT2D eigenvalue weighted by Crippen LogP contribution is -2.52. The van der Waals surface area contributed by atoms with Gasteiger partial charge >= 0.3 is 6.18 Å². The Balaban J connectivity index is 1.25. The fourth-order valence-electron chi connectivity index (χ4n) is 6.44. The Hall–Kier alpha value is -3.06. The number of alkyl halides is 3. The van der Waals surface area contributed by atoms with Gasteiger partial charge in [0.15, 0.2) is 5.82 Å². The van der Waals surface area contributed by atoms with Crippen LogP contribution >= 0.6 is 0 Å². The standard InChI is InChI=1S/C26H31F3N6O/c27-26(28,29)17-3-5-18(6-4-17)33-24-21(23(31)36)15-35(34-24)22-8-7-19(11-16(22)14-30)32-20-12-25(13-20)9-1-2-10-25/h3-6,15-16,19-20,22,32H,1-2,7-13H2,(H2,31,36)(H,33,34). The maximum absolute atomic E-state index is 12.9.